The molecule has 1 aliphatic rings. The molecule has 2 aromatic heterocycles. The highest BCUT2D eigenvalue weighted by Crippen LogP contribution is 2.36. The molecular weight excluding hydrogens is 416 g/mol. The van der Waals surface area contributed by atoms with Crippen molar-refractivity contribution in [2.24, 2.45) is 0 Å². The second kappa shape index (κ2) is 8.98. The minimum absolute atomic E-state index is 0.00629. The van der Waals surface area contributed by atoms with Crippen molar-refractivity contribution in [2.45, 2.75) is 6.92 Å². The molecule has 0 aliphatic carbocycles. The van der Waals surface area contributed by atoms with Crippen molar-refractivity contribution in [1.29, 1.82) is 0 Å². The predicted octanol–water partition coefficient (Wildman–Crippen LogP) is 2.50. The molecule has 3 heterocycles. The minimum atomic E-state index is -0.691. The molecule has 0 saturated heterocycles. The van der Waals surface area contributed by atoms with E-state index in [0.29, 0.717) is 17.1 Å². The molecule has 0 radical (unpaired) electrons. The largest absolute Gasteiger partial charge is 0.466 e. The van der Waals surface area contributed by atoms with Gasteiger partial charge < -0.3 is 23.5 Å². The van der Waals surface area contributed by atoms with E-state index in [4.69, 9.17) is 18.6 Å². The monoisotopic (exact) mass is 436 g/mol. The fourth-order valence-corrected chi connectivity index (χ4v) is 3.33. The highest BCUT2D eigenvalue weighted by molar-refractivity contribution is 6.04. The molecule has 4 rings (SSSR count). The number of aromatic nitrogens is 3. The Morgan fingerprint density at radius 1 is 1.00 bits per heavy atom. The lowest BCUT2D eigenvalue weighted by molar-refractivity contribution is -0.140. The fraction of sp³-hybridized carbons (Fsp3) is 0.227. The summed E-state index contributed by atoms with van der Waals surface area (Å²) in [5.74, 6) is -0.807. The van der Waals surface area contributed by atoms with Gasteiger partial charge in [-0.3, -0.25) is 4.98 Å². The zero-order chi connectivity index (χ0) is 22.7. The summed E-state index contributed by atoms with van der Waals surface area (Å²) < 4.78 is 21.3. The first kappa shape index (κ1) is 21.2. The third-order valence-electron chi connectivity index (χ3n) is 4.86. The summed E-state index contributed by atoms with van der Waals surface area (Å²) in [6, 6.07) is 9.01. The molecule has 10 nitrogen and oxygen atoms in total. The van der Waals surface area contributed by atoms with Crippen LogP contribution in [0.25, 0.3) is 22.9 Å². The van der Waals surface area contributed by atoms with E-state index in [9.17, 15) is 9.59 Å². The molecule has 0 saturated carbocycles. The number of carbonyl (C=O) groups is 2. The van der Waals surface area contributed by atoms with Crippen LogP contribution >= 0.6 is 0 Å². The molecule has 164 valence electrons. The number of benzene rings is 1. The number of hydrogen-bond donors (Lipinski definition) is 0. The first-order valence-corrected chi connectivity index (χ1v) is 9.63. The summed E-state index contributed by atoms with van der Waals surface area (Å²) in [6.45, 7) is 1.84. The van der Waals surface area contributed by atoms with Gasteiger partial charge in [-0.15, -0.1) is 10.2 Å². The van der Waals surface area contributed by atoms with Crippen molar-refractivity contribution in [1.82, 2.24) is 15.2 Å². The Morgan fingerprint density at radius 3 is 2.44 bits per heavy atom. The molecule has 0 atom stereocenters. The Labute approximate surface area is 183 Å². The average Bonchev–Trinajstić information content (AvgIpc) is 3.33. The molecular formula is C22H20N4O6. The van der Waals surface area contributed by atoms with Gasteiger partial charge >= 0.3 is 11.9 Å². The SMILES string of the molecule is COC(=O)C1=C(C(=O)OC)N(c2ccc(C)cc2-c2nnc(-c3ccncc3)o2)COC1. The molecule has 0 unspecified atom stereocenters. The second-order valence-corrected chi connectivity index (χ2v) is 6.88. The molecule has 0 fully saturated rings. The zero-order valence-electron chi connectivity index (χ0n) is 17.7. The topological polar surface area (TPSA) is 117 Å². The Hall–Kier alpha value is -4.05. The van der Waals surface area contributed by atoms with Crippen LogP contribution in [0.4, 0.5) is 5.69 Å². The first-order valence-electron chi connectivity index (χ1n) is 9.63. The summed E-state index contributed by atoms with van der Waals surface area (Å²) in [5, 5.41) is 8.32. The number of esters is 2. The van der Waals surface area contributed by atoms with E-state index in [1.807, 2.05) is 19.1 Å². The summed E-state index contributed by atoms with van der Waals surface area (Å²) >= 11 is 0. The lowest BCUT2D eigenvalue weighted by atomic mass is 10.1. The van der Waals surface area contributed by atoms with Crippen molar-refractivity contribution < 1.29 is 28.2 Å². The Balaban J connectivity index is 1.84. The number of ether oxygens (including phenoxy) is 3. The van der Waals surface area contributed by atoms with E-state index in [-0.39, 0.29) is 30.5 Å². The van der Waals surface area contributed by atoms with E-state index >= 15 is 0 Å². The van der Waals surface area contributed by atoms with E-state index in [1.165, 1.54) is 19.1 Å². The molecule has 0 spiro atoms. The number of anilines is 1. The summed E-state index contributed by atoms with van der Waals surface area (Å²) in [7, 11) is 2.48. The first-order chi connectivity index (χ1) is 15.5. The Kier molecular flexibility index (Phi) is 5.95. The van der Waals surface area contributed by atoms with E-state index in [1.54, 1.807) is 30.6 Å². The van der Waals surface area contributed by atoms with Gasteiger partial charge in [0.2, 0.25) is 11.8 Å². The molecule has 0 amide bonds. The smallest absolute Gasteiger partial charge is 0.355 e. The highest BCUT2D eigenvalue weighted by Gasteiger charge is 2.34. The van der Waals surface area contributed by atoms with E-state index in [0.717, 1.165) is 11.1 Å². The quantitative estimate of drug-likeness (QED) is 0.552. The maximum atomic E-state index is 12.6. The van der Waals surface area contributed by atoms with Crippen molar-refractivity contribution in [2.75, 3.05) is 32.5 Å². The average molecular weight is 436 g/mol. The van der Waals surface area contributed by atoms with Crippen LogP contribution in [0.3, 0.4) is 0 Å². The zero-order valence-corrected chi connectivity index (χ0v) is 17.7. The molecule has 1 aromatic carbocycles. The van der Waals surface area contributed by atoms with Gasteiger partial charge in [0.05, 0.1) is 37.7 Å². The Morgan fingerprint density at radius 2 is 1.72 bits per heavy atom. The van der Waals surface area contributed by atoms with E-state index < -0.39 is 11.9 Å². The molecule has 1 aliphatic heterocycles. The molecule has 32 heavy (non-hydrogen) atoms. The van der Waals surface area contributed by atoms with Crippen molar-refractivity contribution in [3.63, 3.8) is 0 Å². The fourth-order valence-electron chi connectivity index (χ4n) is 3.33. The van der Waals surface area contributed by atoms with Crippen LogP contribution in [0, 0.1) is 6.92 Å². The van der Waals surface area contributed by atoms with Crippen LogP contribution in [0.5, 0.6) is 0 Å². The van der Waals surface area contributed by atoms with Gasteiger partial charge in [-0.25, -0.2) is 9.59 Å². The standard InChI is InChI=1S/C22H20N4O6/c1-13-4-5-17(26-12-31-11-16(21(27)29-2)18(26)22(28)30-3)15(10-13)20-25-24-19(32-20)14-6-8-23-9-7-14/h4-10H,11-12H2,1-3H3. The van der Waals surface area contributed by atoms with Crippen LogP contribution in [0.15, 0.2) is 58.4 Å². The van der Waals surface area contributed by atoms with Gasteiger partial charge in [0.1, 0.15) is 12.4 Å². The summed E-state index contributed by atoms with van der Waals surface area (Å²) in [6.07, 6.45) is 3.26. The van der Waals surface area contributed by atoms with E-state index in [2.05, 4.69) is 15.2 Å². The van der Waals surface area contributed by atoms with Crippen LogP contribution in [0.2, 0.25) is 0 Å². The number of methoxy groups -OCH3 is 2. The summed E-state index contributed by atoms with van der Waals surface area (Å²) in [4.78, 5) is 30.5. The van der Waals surface area contributed by atoms with Crippen LogP contribution in [0.1, 0.15) is 5.56 Å². The van der Waals surface area contributed by atoms with Gasteiger partial charge in [-0.05, 0) is 31.2 Å². The van der Waals surface area contributed by atoms with Crippen LogP contribution in [-0.2, 0) is 23.8 Å². The van der Waals surface area contributed by atoms with Gasteiger partial charge in [-0.2, -0.15) is 0 Å². The lowest BCUT2D eigenvalue weighted by Gasteiger charge is -2.32. The number of nitrogens with zero attached hydrogens (tertiary/aromatic N) is 4. The predicted molar refractivity (Wildman–Crippen MR) is 112 cm³/mol. The molecule has 0 bridgehead atoms. The van der Waals surface area contributed by atoms with Crippen LogP contribution < -0.4 is 4.90 Å². The second-order valence-electron chi connectivity index (χ2n) is 6.88. The number of hydrogen-bond acceptors (Lipinski definition) is 10. The highest BCUT2D eigenvalue weighted by atomic mass is 16.5. The lowest BCUT2D eigenvalue weighted by Crippen LogP contribution is -2.39. The van der Waals surface area contributed by atoms with Gasteiger partial charge in [0.15, 0.2) is 0 Å². The maximum absolute atomic E-state index is 12.6. The van der Waals surface area contributed by atoms with Gasteiger partial charge in [0, 0.05) is 18.0 Å². The molecule has 3 aromatic rings. The Bertz CT molecular complexity index is 1190. The molecule has 10 heteroatoms. The number of pyridine rings is 1. The third kappa shape index (κ3) is 3.95. The number of aryl methyl sites for hydroxylation is 1. The minimum Gasteiger partial charge on any atom is -0.466 e. The van der Waals surface area contributed by atoms with Gasteiger partial charge in [-0.1, -0.05) is 11.6 Å². The summed E-state index contributed by atoms with van der Waals surface area (Å²) in [5.41, 5.74) is 2.83. The van der Waals surface area contributed by atoms with Gasteiger partial charge in [0.25, 0.3) is 0 Å². The van der Waals surface area contributed by atoms with Crippen molar-refractivity contribution >= 4 is 17.6 Å². The van der Waals surface area contributed by atoms with Crippen LogP contribution in [-0.4, -0.2) is 54.7 Å². The number of rotatable bonds is 5. The van der Waals surface area contributed by atoms with Crippen molar-refractivity contribution in [3.8, 4) is 22.9 Å². The normalized spacial score (nSPS) is 13.8. The third-order valence-corrected chi connectivity index (χ3v) is 4.86. The molecule has 0 N–H and O–H groups in total. The maximum Gasteiger partial charge on any atom is 0.355 e. The number of carbonyl (C=O) groups excluding carboxylic acids is 2. The van der Waals surface area contributed by atoms with Crippen molar-refractivity contribution in [3.05, 3.63) is 59.6 Å².